The summed E-state index contributed by atoms with van der Waals surface area (Å²) in [6.45, 7) is 2.51. The fraction of sp³-hybridized carbons (Fsp3) is 0.625. The summed E-state index contributed by atoms with van der Waals surface area (Å²) < 4.78 is 0. The fourth-order valence-electron chi connectivity index (χ4n) is 2.69. The number of hydrogen-bond acceptors (Lipinski definition) is 4. The molecule has 6 heteroatoms. The Hall–Kier alpha value is -1.40. The van der Waals surface area contributed by atoms with E-state index in [2.05, 4.69) is 16.0 Å². The molecule has 0 saturated heterocycles. The first-order valence-corrected chi connectivity index (χ1v) is 8.83. The Balaban J connectivity index is 1.76. The molecule has 0 unspecified atom stereocenters. The van der Waals surface area contributed by atoms with Crippen molar-refractivity contribution in [2.24, 2.45) is 0 Å². The lowest BCUT2D eigenvalue weighted by Gasteiger charge is -2.25. The number of rotatable bonds is 5. The molecule has 1 aliphatic carbocycles. The van der Waals surface area contributed by atoms with E-state index in [0.29, 0.717) is 6.54 Å². The molecule has 1 aromatic rings. The minimum Gasteiger partial charge on any atom is -0.335 e. The van der Waals surface area contributed by atoms with Crippen LogP contribution < -0.4 is 10.6 Å². The average Bonchev–Trinajstić information content (AvgIpc) is 3.00. The van der Waals surface area contributed by atoms with Crippen LogP contribution in [0.2, 0.25) is 0 Å². The van der Waals surface area contributed by atoms with Crippen molar-refractivity contribution >= 4 is 23.3 Å². The van der Waals surface area contributed by atoms with Crippen molar-refractivity contribution in [1.29, 1.82) is 0 Å². The van der Waals surface area contributed by atoms with Crippen LogP contribution in [0.3, 0.4) is 0 Å². The highest BCUT2D eigenvalue weighted by Crippen LogP contribution is 2.17. The highest BCUT2D eigenvalue weighted by molar-refractivity contribution is 7.07. The summed E-state index contributed by atoms with van der Waals surface area (Å²) in [5, 5.41) is 9.45. The Labute approximate surface area is 136 Å². The molecule has 1 saturated carbocycles. The maximum Gasteiger partial charge on any atom is 0.321 e. The Kier molecular flexibility index (Phi) is 6.39. The third-order valence-electron chi connectivity index (χ3n) is 4.23. The highest BCUT2D eigenvalue weighted by atomic mass is 32.1. The molecule has 22 heavy (non-hydrogen) atoms. The monoisotopic (exact) mass is 323 g/mol. The van der Waals surface area contributed by atoms with Crippen LogP contribution in [0.5, 0.6) is 0 Å². The van der Waals surface area contributed by atoms with Gasteiger partial charge in [-0.05, 0) is 49.2 Å². The molecular weight excluding hydrogens is 298 g/mol. The molecule has 1 atom stereocenters. The molecule has 0 aromatic carbocycles. The number of nitrogens with zero attached hydrogens (tertiary/aromatic N) is 1. The first-order valence-electron chi connectivity index (χ1n) is 7.89. The Morgan fingerprint density at radius 3 is 2.73 bits per heavy atom. The minimum atomic E-state index is -0.368. The SMILES string of the molecule is C[C@@H](C(=O)NC(=O)NC1CCCCC1)N(C)Cc1ccsc1. The van der Waals surface area contributed by atoms with Crippen LogP contribution in [-0.4, -0.2) is 36.0 Å². The van der Waals surface area contributed by atoms with Gasteiger partial charge in [-0.2, -0.15) is 11.3 Å². The Morgan fingerprint density at radius 2 is 2.09 bits per heavy atom. The van der Waals surface area contributed by atoms with Crippen molar-refractivity contribution in [2.75, 3.05) is 7.05 Å². The van der Waals surface area contributed by atoms with E-state index in [-0.39, 0.29) is 24.0 Å². The number of amides is 3. The summed E-state index contributed by atoms with van der Waals surface area (Å²) in [6.07, 6.45) is 5.56. The lowest BCUT2D eigenvalue weighted by molar-refractivity contribution is -0.124. The van der Waals surface area contributed by atoms with Crippen LogP contribution in [0.4, 0.5) is 4.79 Å². The molecule has 3 amide bonds. The molecule has 5 nitrogen and oxygen atoms in total. The highest BCUT2D eigenvalue weighted by Gasteiger charge is 2.22. The molecule has 0 spiro atoms. The predicted molar refractivity (Wildman–Crippen MR) is 88.8 cm³/mol. The second-order valence-corrected chi connectivity index (χ2v) is 6.80. The average molecular weight is 323 g/mol. The lowest BCUT2D eigenvalue weighted by Crippen LogP contribution is -2.50. The molecule has 1 aromatic heterocycles. The first-order chi connectivity index (χ1) is 10.6. The van der Waals surface area contributed by atoms with E-state index in [0.717, 1.165) is 25.7 Å². The third kappa shape index (κ3) is 5.10. The zero-order valence-corrected chi connectivity index (χ0v) is 14.1. The molecular formula is C16H25N3O2S. The van der Waals surface area contributed by atoms with Crippen molar-refractivity contribution in [3.8, 4) is 0 Å². The summed E-state index contributed by atoms with van der Waals surface area (Å²) in [5.41, 5.74) is 1.18. The van der Waals surface area contributed by atoms with Gasteiger partial charge in [0.1, 0.15) is 0 Å². The van der Waals surface area contributed by atoms with E-state index < -0.39 is 0 Å². The minimum absolute atomic E-state index is 0.209. The van der Waals surface area contributed by atoms with Gasteiger partial charge < -0.3 is 5.32 Å². The van der Waals surface area contributed by atoms with Crippen LogP contribution in [-0.2, 0) is 11.3 Å². The number of likely N-dealkylation sites (N-methyl/N-ethyl adjacent to an activating group) is 1. The van der Waals surface area contributed by atoms with Gasteiger partial charge in [-0.15, -0.1) is 0 Å². The maximum absolute atomic E-state index is 12.2. The van der Waals surface area contributed by atoms with Gasteiger partial charge in [0.25, 0.3) is 0 Å². The van der Waals surface area contributed by atoms with Gasteiger partial charge in [0.05, 0.1) is 6.04 Å². The normalized spacial score (nSPS) is 17.2. The number of carbonyl (C=O) groups is 2. The molecule has 0 radical (unpaired) electrons. The van der Waals surface area contributed by atoms with Gasteiger partial charge in [-0.25, -0.2) is 4.79 Å². The summed E-state index contributed by atoms with van der Waals surface area (Å²) in [7, 11) is 1.89. The van der Waals surface area contributed by atoms with Crippen LogP contribution in [0, 0.1) is 0 Å². The molecule has 1 aliphatic rings. The van der Waals surface area contributed by atoms with Gasteiger partial charge in [0.15, 0.2) is 0 Å². The second kappa shape index (κ2) is 8.29. The number of urea groups is 1. The Morgan fingerprint density at radius 1 is 1.36 bits per heavy atom. The molecule has 0 bridgehead atoms. The Bertz CT molecular complexity index is 484. The quantitative estimate of drug-likeness (QED) is 0.876. The molecule has 2 rings (SSSR count). The number of hydrogen-bond donors (Lipinski definition) is 2. The van der Waals surface area contributed by atoms with E-state index >= 15 is 0 Å². The standard InChI is InChI=1S/C16H25N3O2S/c1-12(19(2)10-13-8-9-22-11-13)15(20)18-16(21)17-14-6-4-3-5-7-14/h8-9,11-12,14H,3-7,10H2,1-2H3,(H2,17,18,20,21)/t12-/m0/s1. The van der Waals surface area contributed by atoms with E-state index in [1.54, 1.807) is 11.3 Å². The van der Waals surface area contributed by atoms with Crippen molar-refractivity contribution in [2.45, 2.75) is 57.7 Å². The topological polar surface area (TPSA) is 61.4 Å². The maximum atomic E-state index is 12.2. The third-order valence-corrected chi connectivity index (χ3v) is 4.96. The fourth-order valence-corrected chi connectivity index (χ4v) is 3.35. The van der Waals surface area contributed by atoms with Crippen molar-refractivity contribution in [3.63, 3.8) is 0 Å². The van der Waals surface area contributed by atoms with Crippen molar-refractivity contribution in [1.82, 2.24) is 15.5 Å². The van der Waals surface area contributed by atoms with E-state index in [4.69, 9.17) is 0 Å². The van der Waals surface area contributed by atoms with Crippen LogP contribution in [0.1, 0.15) is 44.6 Å². The van der Waals surface area contributed by atoms with Crippen LogP contribution >= 0.6 is 11.3 Å². The summed E-state index contributed by atoms with van der Waals surface area (Å²) in [6, 6.07) is 1.53. The molecule has 2 N–H and O–H groups in total. The predicted octanol–water partition coefficient (Wildman–Crippen LogP) is 2.73. The van der Waals surface area contributed by atoms with E-state index in [1.165, 1.54) is 12.0 Å². The zero-order valence-electron chi connectivity index (χ0n) is 13.3. The zero-order chi connectivity index (χ0) is 15.9. The van der Waals surface area contributed by atoms with Gasteiger partial charge in [0.2, 0.25) is 5.91 Å². The molecule has 1 fully saturated rings. The summed E-state index contributed by atoms with van der Waals surface area (Å²) in [5.74, 6) is -0.258. The van der Waals surface area contributed by atoms with Gasteiger partial charge in [-0.3, -0.25) is 15.0 Å². The second-order valence-electron chi connectivity index (χ2n) is 6.02. The van der Waals surface area contributed by atoms with E-state index in [9.17, 15) is 9.59 Å². The number of imide groups is 1. The molecule has 0 aliphatic heterocycles. The number of nitrogens with one attached hydrogen (secondary N) is 2. The van der Waals surface area contributed by atoms with Gasteiger partial charge in [0, 0.05) is 12.6 Å². The summed E-state index contributed by atoms with van der Waals surface area (Å²) in [4.78, 5) is 26.0. The van der Waals surface area contributed by atoms with Gasteiger partial charge in [-0.1, -0.05) is 19.3 Å². The largest absolute Gasteiger partial charge is 0.335 e. The first kappa shape index (κ1) is 17.0. The number of carbonyl (C=O) groups excluding carboxylic acids is 2. The van der Waals surface area contributed by atoms with E-state index in [1.807, 2.05) is 30.3 Å². The summed E-state index contributed by atoms with van der Waals surface area (Å²) >= 11 is 1.64. The number of thiophene rings is 1. The lowest BCUT2D eigenvalue weighted by atomic mass is 9.96. The molecule has 1 heterocycles. The smallest absolute Gasteiger partial charge is 0.321 e. The van der Waals surface area contributed by atoms with Crippen LogP contribution in [0.15, 0.2) is 16.8 Å². The van der Waals surface area contributed by atoms with Crippen molar-refractivity contribution < 1.29 is 9.59 Å². The van der Waals surface area contributed by atoms with Gasteiger partial charge >= 0.3 is 6.03 Å². The van der Waals surface area contributed by atoms with Crippen molar-refractivity contribution in [3.05, 3.63) is 22.4 Å². The van der Waals surface area contributed by atoms with Crippen LogP contribution in [0.25, 0.3) is 0 Å². The molecule has 122 valence electrons.